The Morgan fingerprint density at radius 1 is 1.10 bits per heavy atom. The minimum absolute atomic E-state index is 0.0134. The van der Waals surface area contributed by atoms with Gasteiger partial charge in [0, 0.05) is 35.1 Å². The first-order chi connectivity index (χ1) is 19.0. The number of nitrogens with one attached hydrogen (secondary N) is 1. The molecule has 214 valence electrons. The van der Waals surface area contributed by atoms with E-state index >= 15 is 0 Å². The standard InChI is InChI=1S/C29H35Cl2N5O3S/c1-18(2)35(3)21-9-10-26(19(13-21)16-40(38,39)22-7-5-4-6-8-22)36-12-11-25(29(36)37)34-28-23-14-20(30)15-24(31)27(23)32-17-33-28/h4-8,14-15,17-19,21,25-26H,9-13,16H2,1-3H3,(H,32,33,34)/t19-,21+,25?,26-/m0/s1. The first kappa shape index (κ1) is 29.0. The first-order valence-corrected chi connectivity index (χ1v) is 16.1. The number of rotatable bonds is 8. The lowest BCUT2D eigenvalue weighted by molar-refractivity contribution is -0.132. The van der Waals surface area contributed by atoms with E-state index in [0.29, 0.717) is 50.7 Å². The number of nitrogens with zero attached hydrogens (tertiary/aromatic N) is 4. The van der Waals surface area contributed by atoms with Crippen LogP contribution in [0.4, 0.5) is 5.82 Å². The number of anilines is 1. The van der Waals surface area contributed by atoms with Gasteiger partial charge in [-0.2, -0.15) is 0 Å². The highest BCUT2D eigenvalue weighted by molar-refractivity contribution is 7.91. The molecule has 0 spiro atoms. The van der Waals surface area contributed by atoms with Gasteiger partial charge in [-0.25, -0.2) is 18.4 Å². The zero-order valence-corrected chi connectivity index (χ0v) is 25.3. The third kappa shape index (κ3) is 5.93. The van der Waals surface area contributed by atoms with E-state index < -0.39 is 15.9 Å². The van der Waals surface area contributed by atoms with Crippen molar-refractivity contribution in [1.82, 2.24) is 19.8 Å². The van der Waals surface area contributed by atoms with Crippen molar-refractivity contribution in [3.05, 3.63) is 58.8 Å². The van der Waals surface area contributed by atoms with E-state index in [1.807, 2.05) is 11.0 Å². The molecule has 1 unspecified atom stereocenters. The molecule has 2 aromatic carbocycles. The molecule has 1 aliphatic carbocycles. The van der Waals surface area contributed by atoms with E-state index in [2.05, 4.69) is 41.1 Å². The first-order valence-electron chi connectivity index (χ1n) is 13.7. The predicted octanol–water partition coefficient (Wildman–Crippen LogP) is 5.30. The molecule has 1 amide bonds. The Balaban J connectivity index is 1.38. The Labute approximate surface area is 246 Å². The van der Waals surface area contributed by atoms with Crippen molar-refractivity contribution in [3.63, 3.8) is 0 Å². The van der Waals surface area contributed by atoms with Crippen LogP contribution in [0.25, 0.3) is 10.9 Å². The fraction of sp³-hybridized carbons (Fsp3) is 0.483. The van der Waals surface area contributed by atoms with Crippen LogP contribution in [0.5, 0.6) is 0 Å². The number of carbonyl (C=O) groups is 1. The molecule has 11 heteroatoms. The summed E-state index contributed by atoms with van der Waals surface area (Å²) >= 11 is 12.6. The molecule has 2 aliphatic rings. The summed E-state index contributed by atoms with van der Waals surface area (Å²) in [6, 6.07) is 11.9. The molecule has 2 fully saturated rings. The topological polar surface area (TPSA) is 95.5 Å². The van der Waals surface area contributed by atoms with E-state index in [4.69, 9.17) is 23.2 Å². The SMILES string of the molecule is CC(C)N(C)[C@@H]1CC[C@H](N2CCC(Nc3ncnc4c(Cl)cc(Cl)cc34)C2=O)[C@H](CS(=O)(=O)c2ccccc2)C1. The summed E-state index contributed by atoms with van der Waals surface area (Å²) in [6.07, 6.45) is 4.40. The number of fused-ring (bicyclic) bond motifs is 1. The summed E-state index contributed by atoms with van der Waals surface area (Å²) < 4.78 is 26.9. The van der Waals surface area contributed by atoms with Crippen LogP contribution in [0.3, 0.4) is 0 Å². The van der Waals surface area contributed by atoms with E-state index in [0.717, 1.165) is 19.3 Å². The lowest BCUT2D eigenvalue weighted by Crippen LogP contribution is -2.52. The summed E-state index contributed by atoms with van der Waals surface area (Å²) in [6.45, 7) is 4.86. The van der Waals surface area contributed by atoms with Gasteiger partial charge in [-0.05, 0) is 76.8 Å². The van der Waals surface area contributed by atoms with Crippen LogP contribution in [0, 0.1) is 5.92 Å². The molecule has 1 N–H and O–H groups in total. The normalized spacial score (nSPS) is 23.9. The number of aromatic nitrogens is 2. The van der Waals surface area contributed by atoms with E-state index in [9.17, 15) is 13.2 Å². The molecule has 0 bridgehead atoms. The number of amides is 1. The molecule has 3 aromatic rings. The molecule has 0 radical (unpaired) electrons. The second-order valence-corrected chi connectivity index (χ2v) is 14.0. The van der Waals surface area contributed by atoms with E-state index in [1.165, 1.54) is 6.33 Å². The molecule has 1 saturated carbocycles. The predicted molar refractivity (Wildman–Crippen MR) is 160 cm³/mol. The van der Waals surface area contributed by atoms with Gasteiger partial charge in [-0.15, -0.1) is 0 Å². The number of hydrogen-bond donors (Lipinski definition) is 1. The fourth-order valence-corrected chi connectivity index (χ4v) is 8.38. The maximum Gasteiger partial charge on any atom is 0.245 e. The third-order valence-corrected chi connectivity index (χ3v) is 10.8. The molecule has 1 saturated heterocycles. The highest BCUT2D eigenvalue weighted by atomic mass is 35.5. The maximum absolute atomic E-state index is 13.8. The zero-order chi connectivity index (χ0) is 28.6. The van der Waals surface area contributed by atoms with Gasteiger partial charge in [0.15, 0.2) is 9.84 Å². The van der Waals surface area contributed by atoms with Crippen molar-refractivity contribution < 1.29 is 13.2 Å². The Hall–Kier alpha value is -2.46. The van der Waals surface area contributed by atoms with Gasteiger partial charge in [0.05, 0.1) is 21.2 Å². The maximum atomic E-state index is 13.8. The number of benzene rings is 2. The Kier molecular flexibility index (Phi) is 8.57. The van der Waals surface area contributed by atoms with Gasteiger partial charge < -0.3 is 15.1 Å². The molecule has 1 aromatic heterocycles. The largest absolute Gasteiger partial charge is 0.358 e. The van der Waals surface area contributed by atoms with E-state index in [-0.39, 0.29) is 29.7 Å². The average Bonchev–Trinajstić information content (AvgIpc) is 3.28. The van der Waals surface area contributed by atoms with E-state index in [1.54, 1.807) is 36.4 Å². The van der Waals surface area contributed by atoms with Crippen LogP contribution in [0.2, 0.25) is 10.0 Å². The number of carbonyl (C=O) groups excluding carboxylic acids is 1. The molecule has 8 nitrogen and oxygen atoms in total. The molecule has 40 heavy (non-hydrogen) atoms. The average molecular weight is 605 g/mol. The number of hydrogen-bond acceptors (Lipinski definition) is 7. The zero-order valence-electron chi connectivity index (χ0n) is 22.9. The minimum Gasteiger partial charge on any atom is -0.358 e. The van der Waals surface area contributed by atoms with Crippen LogP contribution < -0.4 is 5.32 Å². The van der Waals surface area contributed by atoms with Crippen molar-refractivity contribution in [1.29, 1.82) is 0 Å². The van der Waals surface area contributed by atoms with Crippen molar-refractivity contribution in [3.8, 4) is 0 Å². The fourth-order valence-electron chi connectivity index (χ4n) is 6.15. The summed E-state index contributed by atoms with van der Waals surface area (Å²) in [5.41, 5.74) is 0.560. The summed E-state index contributed by atoms with van der Waals surface area (Å²) in [5.74, 6) is 0.299. The second-order valence-electron chi connectivity index (χ2n) is 11.2. The van der Waals surface area contributed by atoms with Gasteiger partial charge in [0.2, 0.25) is 5.91 Å². The number of likely N-dealkylation sites (tertiary alicyclic amines) is 1. The second kappa shape index (κ2) is 11.8. The number of halogens is 2. The highest BCUT2D eigenvalue weighted by Crippen LogP contribution is 2.37. The van der Waals surface area contributed by atoms with Crippen LogP contribution in [0.15, 0.2) is 53.7 Å². The van der Waals surface area contributed by atoms with Crippen LogP contribution in [-0.2, 0) is 14.6 Å². The highest BCUT2D eigenvalue weighted by Gasteiger charge is 2.44. The lowest BCUT2D eigenvalue weighted by atomic mass is 9.81. The third-order valence-electron chi connectivity index (χ3n) is 8.45. The van der Waals surface area contributed by atoms with Crippen LogP contribution in [0.1, 0.15) is 39.5 Å². The summed E-state index contributed by atoms with van der Waals surface area (Å²) in [7, 11) is -1.42. The quantitative estimate of drug-likeness (QED) is 0.373. The molecule has 5 rings (SSSR count). The minimum atomic E-state index is -3.52. The molecule has 2 heterocycles. The molecule has 1 aliphatic heterocycles. The Bertz CT molecular complexity index is 1490. The van der Waals surface area contributed by atoms with Gasteiger partial charge in [-0.1, -0.05) is 41.4 Å². The number of sulfone groups is 1. The van der Waals surface area contributed by atoms with Crippen molar-refractivity contribution in [2.24, 2.45) is 5.92 Å². The lowest BCUT2D eigenvalue weighted by Gasteiger charge is -2.44. The van der Waals surface area contributed by atoms with Gasteiger partial charge in [0.25, 0.3) is 0 Å². The van der Waals surface area contributed by atoms with Crippen LogP contribution >= 0.6 is 23.2 Å². The van der Waals surface area contributed by atoms with Gasteiger partial charge >= 0.3 is 0 Å². The summed E-state index contributed by atoms with van der Waals surface area (Å²) in [5, 5.41) is 4.82. The molecule has 4 atom stereocenters. The smallest absolute Gasteiger partial charge is 0.245 e. The van der Waals surface area contributed by atoms with Gasteiger partial charge in [-0.3, -0.25) is 4.79 Å². The summed E-state index contributed by atoms with van der Waals surface area (Å²) in [4.78, 5) is 27.0. The molecular formula is C29H35Cl2N5O3S. The Morgan fingerprint density at radius 3 is 2.58 bits per heavy atom. The molecular weight excluding hydrogens is 569 g/mol. The monoisotopic (exact) mass is 603 g/mol. The van der Waals surface area contributed by atoms with Crippen molar-refractivity contribution in [2.45, 2.75) is 68.6 Å². The van der Waals surface area contributed by atoms with Crippen molar-refractivity contribution in [2.75, 3.05) is 24.7 Å². The van der Waals surface area contributed by atoms with Gasteiger partial charge in [0.1, 0.15) is 18.2 Å². The van der Waals surface area contributed by atoms with Crippen molar-refractivity contribution >= 4 is 55.7 Å². The van der Waals surface area contributed by atoms with Crippen LogP contribution in [-0.4, -0.2) is 77.6 Å². The Morgan fingerprint density at radius 2 is 1.85 bits per heavy atom.